The van der Waals surface area contributed by atoms with E-state index in [1.165, 1.54) is 11.3 Å². The molecule has 37 heavy (non-hydrogen) atoms. The van der Waals surface area contributed by atoms with Crippen molar-refractivity contribution >= 4 is 23.4 Å². The van der Waals surface area contributed by atoms with Crippen molar-refractivity contribution in [2.75, 3.05) is 6.61 Å². The SMILES string of the molecule is CCOC(=O)C1=C(C)N=c2s/c(=C\c3ccccc3OC(C)C)c(=O)n2[C@H]1c1ccccc1OC(C)C. The van der Waals surface area contributed by atoms with Gasteiger partial charge in [-0.25, -0.2) is 9.79 Å². The van der Waals surface area contributed by atoms with Crippen molar-refractivity contribution in [2.45, 2.75) is 59.8 Å². The zero-order valence-corrected chi connectivity index (χ0v) is 22.8. The molecule has 0 radical (unpaired) electrons. The molecule has 7 nitrogen and oxygen atoms in total. The molecule has 1 atom stereocenters. The van der Waals surface area contributed by atoms with E-state index < -0.39 is 12.0 Å². The van der Waals surface area contributed by atoms with Gasteiger partial charge in [0.1, 0.15) is 17.5 Å². The molecular formula is C29H32N2O5S. The lowest BCUT2D eigenvalue weighted by atomic mass is 9.95. The Morgan fingerprint density at radius 1 is 1.03 bits per heavy atom. The molecule has 0 unspecified atom stereocenters. The molecule has 4 rings (SSSR count). The van der Waals surface area contributed by atoms with Crippen molar-refractivity contribution in [3.05, 3.63) is 90.6 Å². The molecule has 0 saturated carbocycles. The number of para-hydroxylation sites is 2. The summed E-state index contributed by atoms with van der Waals surface area (Å²) in [6.07, 6.45) is 1.71. The summed E-state index contributed by atoms with van der Waals surface area (Å²) in [5, 5.41) is 0. The first kappa shape index (κ1) is 26.4. The van der Waals surface area contributed by atoms with Gasteiger partial charge in [-0.3, -0.25) is 9.36 Å². The van der Waals surface area contributed by atoms with Crippen molar-refractivity contribution in [1.82, 2.24) is 4.57 Å². The van der Waals surface area contributed by atoms with Crippen LogP contribution in [0.2, 0.25) is 0 Å². The second-order valence-corrected chi connectivity index (χ2v) is 10.2. The minimum Gasteiger partial charge on any atom is -0.491 e. The topological polar surface area (TPSA) is 79.1 Å². The predicted molar refractivity (Wildman–Crippen MR) is 145 cm³/mol. The number of thiazole rings is 1. The number of benzene rings is 2. The number of aromatic nitrogens is 1. The molecule has 0 bridgehead atoms. The molecule has 0 aliphatic carbocycles. The van der Waals surface area contributed by atoms with Gasteiger partial charge in [-0.1, -0.05) is 47.7 Å². The molecule has 2 heterocycles. The normalized spacial score (nSPS) is 15.6. The summed E-state index contributed by atoms with van der Waals surface area (Å²) in [5.74, 6) is 0.793. The number of esters is 1. The molecule has 8 heteroatoms. The maximum absolute atomic E-state index is 13.9. The van der Waals surface area contributed by atoms with Gasteiger partial charge in [0.25, 0.3) is 5.56 Å². The number of ether oxygens (including phenoxy) is 3. The number of hydrogen-bond donors (Lipinski definition) is 0. The van der Waals surface area contributed by atoms with Crippen LogP contribution in [0.25, 0.3) is 6.08 Å². The van der Waals surface area contributed by atoms with Crippen molar-refractivity contribution in [1.29, 1.82) is 0 Å². The minimum absolute atomic E-state index is 0.0111. The minimum atomic E-state index is -0.741. The fourth-order valence-electron chi connectivity index (χ4n) is 4.26. The number of carbonyl (C=O) groups is 1. The lowest BCUT2D eigenvalue weighted by Crippen LogP contribution is -2.40. The van der Waals surface area contributed by atoms with Crippen molar-refractivity contribution in [2.24, 2.45) is 4.99 Å². The Morgan fingerprint density at radius 3 is 2.32 bits per heavy atom. The highest BCUT2D eigenvalue weighted by Crippen LogP contribution is 2.36. The molecule has 0 amide bonds. The Kier molecular flexibility index (Phi) is 7.97. The highest BCUT2D eigenvalue weighted by Gasteiger charge is 2.35. The lowest BCUT2D eigenvalue weighted by molar-refractivity contribution is -0.139. The van der Waals surface area contributed by atoms with Crippen molar-refractivity contribution < 1.29 is 19.0 Å². The standard InChI is InChI=1S/C29H32N2O5S/c1-7-34-28(33)25-19(6)30-29-31(26(25)21-13-9-11-15-23(21)36-18(4)5)27(32)24(37-29)16-20-12-8-10-14-22(20)35-17(2)3/h8-18,26H,7H2,1-6H3/b24-16-/t26-/m0/s1. The molecule has 1 aliphatic rings. The third-order valence-electron chi connectivity index (χ3n) is 5.66. The van der Waals surface area contributed by atoms with E-state index in [2.05, 4.69) is 4.99 Å². The molecule has 0 saturated heterocycles. The second-order valence-electron chi connectivity index (χ2n) is 9.21. The van der Waals surface area contributed by atoms with Crippen LogP contribution < -0.4 is 24.4 Å². The fraction of sp³-hybridized carbons (Fsp3) is 0.345. The average Bonchev–Trinajstić information content (AvgIpc) is 3.13. The van der Waals surface area contributed by atoms with Gasteiger partial charge in [-0.15, -0.1) is 0 Å². The molecule has 0 fully saturated rings. The molecule has 0 spiro atoms. The molecule has 2 aromatic carbocycles. The van der Waals surface area contributed by atoms with Gasteiger partial charge in [0, 0.05) is 11.1 Å². The number of nitrogens with zero attached hydrogens (tertiary/aromatic N) is 2. The fourth-order valence-corrected chi connectivity index (χ4v) is 5.29. The molecular weight excluding hydrogens is 488 g/mol. The van der Waals surface area contributed by atoms with E-state index in [1.807, 2.05) is 82.3 Å². The van der Waals surface area contributed by atoms with Crippen LogP contribution in [0, 0.1) is 0 Å². The maximum atomic E-state index is 13.9. The first-order valence-corrected chi connectivity index (χ1v) is 13.2. The first-order chi connectivity index (χ1) is 17.7. The number of carbonyl (C=O) groups excluding carboxylic acids is 1. The van der Waals surface area contributed by atoms with Gasteiger partial charge in [-0.05, 0) is 59.8 Å². The molecule has 1 aromatic heterocycles. The number of hydrogen-bond acceptors (Lipinski definition) is 7. The van der Waals surface area contributed by atoms with Crippen LogP contribution in [0.5, 0.6) is 11.5 Å². The smallest absolute Gasteiger partial charge is 0.338 e. The third kappa shape index (κ3) is 5.54. The number of fused-ring (bicyclic) bond motifs is 1. The largest absolute Gasteiger partial charge is 0.491 e. The zero-order chi connectivity index (χ0) is 26.7. The second kappa shape index (κ2) is 11.2. The van der Waals surface area contributed by atoms with E-state index in [0.717, 1.165) is 5.56 Å². The van der Waals surface area contributed by atoms with Crippen LogP contribution in [-0.4, -0.2) is 29.4 Å². The first-order valence-electron chi connectivity index (χ1n) is 12.4. The van der Waals surface area contributed by atoms with Crippen LogP contribution in [0.15, 0.2) is 69.6 Å². The Bertz CT molecular complexity index is 1510. The Balaban J connectivity index is 1.97. The monoisotopic (exact) mass is 520 g/mol. The van der Waals surface area contributed by atoms with Gasteiger partial charge in [0.15, 0.2) is 4.80 Å². The van der Waals surface area contributed by atoms with E-state index in [4.69, 9.17) is 14.2 Å². The molecule has 0 N–H and O–H groups in total. The number of allylic oxidation sites excluding steroid dienone is 1. The Morgan fingerprint density at radius 2 is 1.65 bits per heavy atom. The van der Waals surface area contributed by atoms with E-state index >= 15 is 0 Å². The van der Waals surface area contributed by atoms with Crippen LogP contribution in [-0.2, 0) is 9.53 Å². The third-order valence-corrected chi connectivity index (χ3v) is 6.64. The van der Waals surface area contributed by atoms with E-state index in [9.17, 15) is 9.59 Å². The van der Waals surface area contributed by atoms with E-state index in [1.54, 1.807) is 18.4 Å². The zero-order valence-electron chi connectivity index (χ0n) is 22.0. The van der Waals surface area contributed by atoms with Crippen LogP contribution in [0.4, 0.5) is 0 Å². The summed E-state index contributed by atoms with van der Waals surface area (Å²) in [5.41, 5.74) is 2.08. The van der Waals surface area contributed by atoms with Gasteiger partial charge in [0.05, 0.1) is 34.6 Å². The molecule has 194 valence electrons. The van der Waals surface area contributed by atoms with Gasteiger partial charge < -0.3 is 14.2 Å². The summed E-state index contributed by atoms with van der Waals surface area (Å²) in [6, 6.07) is 14.3. The van der Waals surface area contributed by atoms with Gasteiger partial charge in [-0.2, -0.15) is 0 Å². The summed E-state index contributed by atoms with van der Waals surface area (Å²) in [6.45, 7) is 11.5. The predicted octanol–water partition coefficient (Wildman–Crippen LogP) is 4.37. The summed E-state index contributed by atoms with van der Waals surface area (Å²) < 4.78 is 19.5. The van der Waals surface area contributed by atoms with Gasteiger partial charge in [0.2, 0.25) is 0 Å². The quantitative estimate of drug-likeness (QED) is 0.412. The average molecular weight is 521 g/mol. The summed E-state index contributed by atoms with van der Waals surface area (Å²) in [7, 11) is 0. The van der Waals surface area contributed by atoms with Crippen molar-refractivity contribution in [3.63, 3.8) is 0 Å². The van der Waals surface area contributed by atoms with Crippen LogP contribution in [0.1, 0.15) is 58.7 Å². The van der Waals surface area contributed by atoms with Crippen molar-refractivity contribution in [3.8, 4) is 11.5 Å². The lowest BCUT2D eigenvalue weighted by Gasteiger charge is -2.26. The summed E-state index contributed by atoms with van der Waals surface area (Å²) >= 11 is 1.28. The summed E-state index contributed by atoms with van der Waals surface area (Å²) in [4.78, 5) is 32.3. The highest BCUT2D eigenvalue weighted by atomic mass is 32.1. The Hall–Kier alpha value is -3.65. The molecule has 3 aromatic rings. The van der Waals surface area contributed by atoms with Crippen LogP contribution >= 0.6 is 11.3 Å². The highest BCUT2D eigenvalue weighted by molar-refractivity contribution is 7.07. The molecule has 1 aliphatic heterocycles. The van der Waals surface area contributed by atoms with E-state index in [-0.39, 0.29) is 24.4 Å². The maximum Gasteiger partial charge on any atom is 0.338 e. The van der Waals surface area contributed by atoms with Crippen LogP contribution in [0.3, 0.4) is 0 Å². The number of rotatable bonds is 8. The van der Waals surface area contributed by atoms with Gasteiger partial charge >= 0.3 is 5.97 Å². The van der Waals surface area contributed by atoms with E-state index in [0.29, 0.717) is 37.7 Å². The Labute approximate surface area is 220 Å².